The number of benzene rings is 2. The number of nitrogens with zero attached hydrogens (tertiary/aromatic N) is 1. The van der Waals surface area contributed by atoms with Crippen LogP contribution in [-0.4, -0.2) is 44.9 Å². The molecule has 6 heteroatoms. The number of urea groups is 1. The summed E-state index contributed by atoms with van der Waals surface area (Å²) in [5, 5.41) is 4.86. The summed E-state index contributed by atoms with van der Waals surface area (Å²) < 4.78 is 22.1. The number of fused-ring (bicyclic) bond motifs is 1. The minimum Gasteiger partial charge on any atom is -0.337 e. The highest BCUT2D eigenvalue weighted by Crippen LogP contribution is 2.19. The lowest BCUT2D eigenvalue weighted by atomic mass is 10.0. The van der Waals surface area contributed by atoms with E-state index in [2.05, 4.69) is 5.32 Å². The van der Waals surface area contributed by atoms with Crippen LogP contribution in [0, 0.1) is 0 Å². The van der Waals surface area contributed by atoms with Crippen LogP contribution in [0.25, 0.3) is 10.8 Å². The summed E-state index contributed by atoms with van der Waals surface area (Å²) in [6.07, 6.45) is 1.15. The van der Waals surface area contributed by atoms with Gasteiger partial charge in [0, 0.05) is 26.4 Å². The minimum atomic E-state index is -3.07. The van der Waals surface area contributed by atoms with Gasteiger partial charge in [0.15, 0.2) is 0 Å². The highest BCUT2D eigenvalue weighted by Gasteiger charge is 2.11. The lowest BCUT2D eigenvalue weighted by molar-refractivity contribution is 0.208. The first-order valence-electron chi connectivity index (χ1n) is 7.00. The van der Waals surface area contributed by atoms with Gasteiger partial charge in [-0.25, -0.2) is 13.2 Å². The lowest BCUT2D eigenvalue weighted by Crippen LogP contribution is -2.38. The first-order chi connectivity index (χ1) is 10.4. The maximum Gasteiger partial charge on any atom is 0.317 e. The van der Waals surface area contributed by atoms with Gasteiger partial charge in [-0.1, -0.05) is 42.5 Å². The van der Waals surface area contributed by atoms with E-state index in [1.807, 2.05) is 42.5 Å². The zero-order chi connectivity index (χ0) is 16.2. The number of nitrogens with one attached hydrogen (secondary N) is 1. The van der Waals surface area contributed by atoms with Gasteiger partial charge in [0.2, 0.25) is 0 Å². The van der Waals surface area contributed by atoms with E-state index in [1.165, 1.54) is 0 Å². The molecule has 0 aliphatic heterocycles. The predicted octanol–water partition coefficient (Wildman–Crippen LogP) is 2.03. The Hall–Kier alpha value is -2.08. The Morgan fingerprint density at radius 1 is 1.14 bits per heavy atom. The second kappa shape index (κ2) is 6.79. The summed E-state index contributed by atoms with van der Waals surface area (Å²) >= 11 is 0. The summed E-state index contributed by atoms with van der Waals surface area (Å²) in [6, 6.07) is 13.7. The van der Waals surface area contributed by atoms with Gasteiger partial charge in [-0.15, -0.1) is 0 Å². The molecule has 0 atom stereocenters. The molecule has 2 amide bonds. The summed E-state index contributed by atoms with van der Waals surface area (Å²) in [4.78, 5) is 13.5. The number of sulfone groups is 1. The minimum absolute atomic E-state index is 0.0547. The number of carbonyl (C=O) groups excluding carboxylic acids is 1. The number of carbonyl (C=O) groups is 1. The van der Waals surface area contributed by atoms with Crippen LogP contribution in [0.3, 0.4) is 0 Å². The molecule has 0 aliphatic rings. The van der Waals surface area contributed by atoms with Crippen LogP contribution >= 0.6 is 0 Å². The van der Waals surface area contributed by atoms with Crippen LogP contribution < -0.4 is 5.32 Å². The van der Waals surface area contributed by atoms with Crippen LogP contribution in [0.2, 0.25) is 0 Å². The molecule has 118 valence electrons. The molecule has 22 heavy (non-hydrogen) atoms. The summed E-state index contributed by atoms with van der Waals surface area (Å²) in [6.45, 7) is 0.587. The molecule has 1 N–H and O–H groups in total. The molecule has 0 bridgehead atoms. The normalized spacial score (nSPS) is 11.4. The Morgan fingerprint density at radius 2 is 1.82 bits per heavy atom. The van der Waals surface area contributed by atoms with Crippen molar-refractivity contribution >= 4 is 26.6 Å². The highest BCUT2D eigenvalue weighted by molar-refractivity contribution is 7.90. The maximum absolute atomic E-state index is 12.0. The van der Waals surface area contributed by atoms with Crippen molar-refractivity contribution in [2.75, 3.05) is 25.6 Å². The van der Waals surface area contributed by atoms with E-state index in [0.717, 1.165) is 22.6 Å². The van der Waals surface area contributed by atoms with Crippen LogP contribution in [0.1, 0.15) is 5.56 Å². The standard InChI is InChI=1S/C16H20N2O3S/c1-18(16(19)17-10-11-22(2,20)21)12-14-8-5-7-13-6-3-4-9-15(13)14/h3-9H,10-12H2,1-2H3,(H,17,19). The van der Waals surface area contributed by atoms with Crippen molar-refractivity contribution in [3.8, 4) is 0 Å². The molecule has 2 aromatic rings. The first kappa shape index (κ1) is 16.3. The van der Waals surface area contributed by atoms with Crippen molar-refractivity contribution in [2.24, 2.45) is 0 Å². The van der Waals surface area contributed by atoms with E-state index in [-0.39, 0.29) is 18.3 Å². The largest absolute Gasteiger partial charge is 0.337 e. The Morgan fingerprint density at radius 3 is 2.55 bits per heavy atom. The number of rotatable bonds is 5. The van der Waals surface area contributed by atoms with Crippen molar-refractivity contribution in [3.63, 3.8) is 0 Å². The molecule has 0 fully saturated rings. The van der Waals surface area contributed by atoms with Gasteiger partial charge in [0.1, 0.15) is 9.84 Å². The van der Waals surface area contributed by atoms with Gasteiger partial charge in [0.05, 0.1) is 5.75 Å². The van der Waals surface area contributed by atoms with Gasteiger partial charge in [-0.2, -0.15) is 0 Å². The third kappa shape index (κ3) is 4.46. The van der Waals surface area contributed by atoms with E-state index in [4.69, 9.17) is 0 Å². The van der Waals surface area contributed by atoms with Gasteiger partial charge >= 0.3 is 6.03 Å². The Balaban J connectivity index is 2.01. The van der Waals surface area contributed by atoms with Crippen molar-refractivity contribution < 1.29 is 13.2 Å². The topological polar surface area (TPSA) is 66.5 Å². The lowest BCUT2D eigenvalue weighted by Gasteiger charge is -2.19. The van der Waals surface area contributed by atoms with E-state index in [9.17, 15) is 13.2 Å². The zero-order valence-electron chi connectivity index (χ0n) is 12.7. The number of hydrogen-bond donors (Lipinski definition) is 1. The highest BCUT2D eigenvalue weighted by atomic mass is 32.2. The van der Waals surface area contributed by atoms with E-state index >= 15 is 0 Å². The summed E-state index contributed by atoms with van der Waals surface area (Å²) in [5.41, 5.74) is 1.05. The molecule has 0 aromatic heterocycles. The van der Waals surface area contributed by atoms with Gasteiger partial charge in [-0.3, -0.25) is 0 Å². The average molecular weight is 320 g/mol. The van der Waals surface area contributed by atoms with Gasteiger partial charge < -0.3 is 10.2 Å². The fourth-order valence-electron chi connectivity index (χ4n) is 2.24. The molecule has 2 rings (SSSR count). The van der Waals surface area contributed by atoms with Gasteiger partial charge in [-0.05, 0) is 16.3 Å². The summed E-state index contributed by atoms with van der Waals surface area (Å²) in [5.74, 6) is -0.0547. The van der Waals surface area contributed by atoms with Crippen LogP contribution in [0.5, 0.6) is 0 Å². The molecular formula is C16H20N2O3S. The Labute approximate surface area is 130 Å². The van der Waals surface area contributed by atoms with Gasteiger partial charge in [0.25, 0.3) is 0 Å². The quantitative estimate of drug-likeness (QED) is 0.916. The second-order valence-corrected chi connectivity index (χ2v) is 7.62. The molecule has 5 nitrogen and oxygen atoms in total. The fraction of sp³-hybridized carbons (Fsp3) is 0.312. The molecule has 0 radical (unpaired) electrons. The van der Waals surface area contributed by atoms with E-state index < -0.39 is 9.84 Å². The Bertz CT molecular complexity index is 767. The second-order valence-electron chi connectivity index (χ2n) is 5.36. The number of amides is 2. The van der Waals surface area contributed by atoms with Crippen LogP contribution in [0.4, 0.5) is 4.79 Å². The smallest absolute Gasteiger partial charge is 0.317 e. The van der Waals surface area contributed by atoms with Crippen molar-refractivity contribution in [2.45, 2.75) is 6.54 Å². The zero-order valence-corrected chi connectivity index (χ0v) is 13.6. The molecule has 0 saturated heterocycles. The first-order valence-corrected chi connectivity index (χ1v) is 9.06. The summed E-state index contributed by atoms with van der Waals surface area (Å²) in [7, 11) is -1.37. The number of hydrogen-bond acceptors (Lipinski definition) is 3. The average Bonchev–Trinajstić information content (AvgIpc) is 2.46. The van der Waals surface area contributed by atoms with Crippen molar-refractivity contribution in [1.82, 2.24) is 10.2 Å². The van der Waals surface area contributed by atoms with Crippen molar-refractivity contribution in [1.29, 1.82) is 0 Å². The third-order valence-electron chi connectivity index (χ3n) is 3.38. The van der Waals surface area contributed by atoms with E-state index in [1.54, 1.807) is 11.9 Å². The predicted molar refractivity (Wildman–Crippen MR) is 88.5 cm³/mol. The van der Waals surface area contributed by atoms with Crippen LogP contribution in [-0.2, 0) is 16.4 Å². The molecule has 0 aliphatic carbocycles. The van der Waals surface area contributed by atoms with Crippen LogP contribution in [0.15, 0.2) is 42.5 Å². The molecule has 0 saturated carbocycles. The Kier molecular flexibility index (Phi) is 5.03. The molecule has 0 heterocycles. The van der Waals surface area contributed by atoms with Crippen molar-refractivity contribution in [3.05, 3.63) is 48.0 Å². The molecular weight excluding hydrogens is 300 g/mol. The SMILES string of the molecule is CN(Cc1cccc2ccccc12)C(=O)NCCS(C)(=O)=O. The molecule has 2 aromatic carbocycles. The monoisotopic (exact) mass is 320 g/mol. The molecule has 0 unspecified atom stereocenters. The third-order valence-corrected chi connectivity index (χ3v) is 4.33. The maximum atomic E-state index is 12.0. The molecule has 0 spiro atoms. The fourth-order valence-corrected chi connectivity index (χ4v) is 2.71. The van der Waals surface area contributed by atoms with E-state index in [0.29, 0.717) is 6.54 Å².